The highest BCUT2D eigenvalue weighted by atomic mass is 16.6. The van der Waals surface area contributed by atoms with Crippen molar-refractivity contribution in [2.75, 3.05) is 11.9 Å². The molecule has 2 amide bonds. The van der Waals surface area contributed by atoms with Gasteiger partial charge in [0.25, 0.3) is 0 Å². The molecule has 1 aromatic carbocycles. The zero-order valence-electron chi connectivity index (χ0n) is 14.3. The molecule has 0 spiro atoms. The highest BCUT2D eigenvalue weighted by Gasteiger charge is 2.18. The molecule has 0 fully saturated rings. The number of para-hydroxylation sites is 1. The summed E-state index contributed by atoms with van der Waals surface area (Å²) in [5.41, 5.74) is 0.703. The summed E-state index contributed by atoms with van der Waals surface area (Å²) in [5, 5.41) is 12.0. The van der Waals surface area contributed by atoms with Gasteiger partial charge in [-0.25, -0.2) is 9.59 Å². The molecule has 0 radical (unpaired) electrons. The number of ether oxygens (including phenoxy) is 1. The van der Waals surface area contributed by atoms with Gasteiger partial charge >= 0.3 is 12.2 Å². The van der Waals surface area contributed by atoms with E-state index in [1.165, 1.54) is 4.90 Å². The molecule has 0 heterocycles. The fraction of sp³-hybridized carbons (Fsp3) is 0.529. The molecule has 0 saturated carbocycles. The molecule has 0 aliphatic rings. The fourth-order valence-corrected chi connectivity index (χ4v) is 1.99. The number of anilines is 1. The van der Waals surface area contributed by atoms with Crippen LogP contribution < -0.4 is 5.32 Å². The van der Waals surface area contributed by atoms with Crippen LogP contribution in [-0.2, 0) is 11.3 Å². The number of hydrogen-bond acceptors (Lipinski definition) is 3. The van der Waals surface area contributed by atoms with E-state index in [-0.39, 0.29) is 6.54 Å². The van der Waals surface area contributed by atoms with Crippen molar-refractivity contribution in [1.82, 2.24) is 4.90 Å². The summed E-state index contributed by atoms with van der Waals surface area (Å²) in [4.78, 5) is 24.6. The van der Waals surface area contributed by atoms with Crippen LogP contribution in [0.2, 0.25) is 0 Å². The minimum atomic E-state index is -0.967. The van der Waals surface area contributed by atoms with Gasteiger partial charge in [0, 0.05) is 12.2 Å². The summed E-state index contributed by atoms with van der Waals surface area (Å²) in [7, 11) is 0. The predicted molar refractivity (Wildman–Crippen MR) is 89.6 cm³/mol. The Labute approximate surface area is 137 Å². The average Bonchev–Trinajstić information content (AvgIpc) is 2.42. The van der Waals surface area contributed by atoms with Gasteiger partial charge in [0.2, 0.25) is 0 Å². The van der Waals surface area contributed by atoms with Crippen molar-refractivity contribution in [3.05, 3.63) is 29.8 Å². The van der Waals surface area contributed by atoms with E-state index in [4.69, 9.17) is 4.74 Å². The molecule has 23 heavy (non-hydrogen) atoms. The summed E-state index contributed by atoms with van der Waals surface area (Å²) >= 11 is 0. The molecule has 0 atom stereocenters. The van der Waals surface area contributed by atoms with Crippen LogP contribution >= 0.6 is 0 Å². The number of nitrogens with zero attached hydrogens (tertiary/aromatic N) is 1. The Balaban J connectivity index is 2.83. The van der Waals surface area contributed by atoms with E-state index in [1.54, 1.807) is 39.0 Å². The van der Waals surface area contributed by atoms with Crippen LogP contribution in [0.1, 0.15) is 46.1 Å². The maximum atomic E-state index is 11.9. The van der Waals surface area contributed by atoms with E-state index in [2.05, 4.69) is 5.32 Å². The van der Waals surface area contributed by atoms with Gasteiger partial charge in [-0.15, -0.1) is 0 Å². The largest absolute Gasteiger partial charge is 0.465 e. The topological polar surface area (TPSA) is 78.9 Å². The SMILES string of the molecule is CCCCN(Cc1ccccc1NC(=O)OC(C)(C)C)C(=O)O. The first-order chi connectivity index (χ1) is 10.7. The monoisotopic (exact) mass is 322 g/mol. The maximum absolute atomic E-state index is 11.9. The van der Waals surface area contributed by atoms with Crippen LogP contribution in [-0.4, -0.2) is 34.3 Å². The highest BCUT2D eigenvalue weighted by molar-refractivity contribution is 5.86. The molecule has 0 aliphatic carbocycles. The molecule has 0 aliphatic heterocycles. The van der Waals surface area contributed by atoms with Gasteiger partial charge in [0.1, 0.15) is 5.60 Å². The number of carbonyl (C=O) groups is 2. The third kappa shape index (κ3) is 7.04. The first-order valence-electron chi connectivity index (χ1n) is 7.78. The molecule has 0 aromatic heterocycles. The van der Waals surface area contributed by atoms with Crippen LogP contribution in [0.4, 0.5) is 15.3 Å². The van der Waals surface area contributed by atoms with Crippen molar-refractivity contribution in [2.24, 2.45) is 0 Å². The molecule has 0 saturated heterocycles. The van der Waals surface area contributed by atoms with E-state index in [0.29, 0.717) is 12.2 Å². The number of carboxylic acid groups (broad SMARTS) is 1. The summed E-state index contributed by atoms with van der Waals surface area (Å²) in [6, 6.07) is 7.14. The minimum Gasteiger partial charge on any atom is -0.465 e. The number of nitrogens with one attached hydrogen (secondary N) is 1. The van der Waals surface area contributed by atoms with Crippen LogP contribution in [0.3, 0.4) is 0 Å². The van der Waals surface area contributed by atoms with E-state index in [1.807, 2.05) is 13.0 Å². The van der Waals surface area contributed by atoms with Crippen molar-refractivity contribution in [3.63, 3.8) is 0 Å². The van der Waals surface area contributed by atoms with Gasteiger partial charge in [0.15, 0.2) is 0 Å². The fourth-order valence-electron chi connectivity index (χ4n) is 1.99. The number of rotatable bonds is 6. The zero-order chi connectivity index (χ0) is 17.5. The van der Waals surface area contributed by atoms with E-state index < -0.39 is 17.8 Å². The first kappa shape index (κ1) is 18.8. The molecule has 1 rings (SSSR count). The number of hydrogen-bond donors (Lipinski definition) is 2. The molecule has 6 nitrogen and oxygen atoms in total. The number of unbranched alkanes of at least 4 members (excludes halogenated alkanes) is 1. The number of benzene rings is 1. The molecule has 1 aromatic rings. The maximum Gasteiger partial charge on any atom is 0.412 e. The lowest BCUT2D eigenvalue weighted by molar-refractivity contribution is 0.0635. The summed E-state index contributed by atoms with van der Waals surface area (Å²) < 4.78 is 5.23. The Kier molecular flexibility index (Phi) is 6.88. The molecular formula is C17H26N2O4. The zero-order valence-corrected chi connectivity index (χ0v) is 14.3. The van der Waals surface area contributed by atoms with Crippen molar-refractivity contribution in [1.29, 1.82) is 0 Å². The van der Waals surface area contributed by atoms with Gasteiger partial charge < -0.3 is 14.7 Å². The second kappa shape index (κ2) is 8.41. The standard InChI is InChI=1S/C17H26N2O4/c1-5-6-11-19(16(21)22)12-13-9-7-8-10-14(13)18-15(20)23-17(2,3)4/h7-10H,5-6,11-12H2,1-4H3,(H,18,20)(H,21,22). The van der Waals surface area contributed by atoms with Crippen LogP contribution in [0.5, 0.6) is 0 Å². The van der Waals surface area contributed by atoms with Crippen LogP contribution in [0.25, 0.3) is 0 Å². The number of amides is 2. The Hall–Kier alpha value is -2.24. The first-order valence-corrected chi connectivity index (χ1v) is 7.78. The van der Waals surface area contributed by atoms with Crippen molar-refractivity contribution >= 4 is 17.9 Å². The molecular weight excluding hydrogens is 296 g/mol. The molecule has 128 valence electrons. The third-order valence-corrected chi connectivity index (χ3v) is 3.07. The number of carbonyl (C=O) groups excluding carboxylic acids is 1. The molecule has 6 heteroatoms. The predicted octanol–water partition coefficient (Wildman–Crippen LogP) is 4.31. The van der Waals surface area contributed by atoms with Crippen LogP contribution in [0.15, 0.2) is 24.3 Å². The smallest absolute Gasteiger partial charge is 0.412 e. The summed E-state index contributed by atoms with van der Waals surface area (Å²) in [6.07, 6.45) is 0.195. The second-order valence-corrected chi connectivity index (χ2v) is 6.34. The van der Waals surface area contributed by atoms with Gasteiger partial charge in [-0.3, -0.25) is 5.32 Å². The lowest BCUT2D eigenvalue weighted by atomic mass is 10.1. The summed E-state index contributed by atoms with van der Waals surface area (Å²) in [6.45, 7) is 8.06. The third-order valence-electron chi connectivity index (χ3n) is 3.07. The Bertz CT molecular complexity index is 538. The van der Waals surface area contributed by atoms with Crippen molar-refractivity contribution in [2.45, 2.75) is 52.7 Å². The quantitative estimate of drug-likeness (QED) is 0.817. The average molecular weight is 322 g/mol. The lowest BCUT2D eigenvalue weighted by Crippen LogP contribution is -2.31. The molecule has 0 bridgehead atoms. The van der Waals surface area contributed by atoms with E-state index in [9.17, 15) is 14.7 Å². The van der Waals surface area contributed by atoms with Crippen molar-refractivity contribution < 1.29 is 19.4 Å². The van der Waals surface area contributed by atoms with Crippen molar-refractivity contribution in [3.8, 4) is 0 Å². The minimum absolute atomic E-state index is 0.224. The summed E-state index contributed by atoms with van der Waals surface area (Å²) in [5.74, 6) is 0. The Morgan fingerprint density at radius 2 is 1.91 bits per heavy atom. The molecule has 2 N–H and O–H groups in total. The van der Waals surface area contributed by atoms with Gasteiger partial charge in [0.05, 0.1) is 6.54 Å². The normalized spacial score (nSPS) is 11.0. The Morgan fingerprint density at radius 3 is 2.48 bits per heavy atom. The Morgan fingerprint density at radius 1 is 1.26 bits per heavy atom. The van der Waals surface area contributed by atoms with Crippen LogP contribution in [0, 0.1) is 0 Å². The lowest BCUT2D eigenvalue weighted by Gasteiger charge is -2.22. The highest BCUT2D eigenvalue weighted by Crippen LogP contribution is 2.19. The van der Waals surface area contributed by atoms with Gasteiger partial charge in [-0.05, 0) is 38.8 Å². The van der Waals surface area contributed by atoms with E-state index >= 15 is 0 Å². The molecule has 0 unspecified atom stereocenters. The van der Waals surface area contributed by atoms with Gasteiger partial charge in [-0.1, -0.05) is 31.5 Å². The second-order valence-electron chi connectivity index (χ2n) is 6.34. The van der Waals surface area contributed by atoms with Gasteiger partial charge in [-0.2, -0.15) is 0 Å². The van der Waals surface area contributed by atoms with E-state index in [0.717, 1.165) is 18.4 Å².